The van der Waals surface area contributed by atoms with Gasteiger partial charge in [0.1, 0.15) is 5.75 Å². The third-order valence-corrected chi connectivity index (χ3v) is 5.16. The van der Waals surface area contributed by atoms with Gasteiger partial charge in [-0.15, -0.1) is 0 Å². The molecule has 25 heavy (non-hydrogen) atoms. The number of nitrogens with one attached hydrogen (secondary N) is 1. The number of halogens is 1. The number of methoxy groups -OCH3 is 1. The third-order valence-electron chi connectivity index (χ3n) is 4.75. The molecule has 0 aliphatic heterocycles. The largest absolute Gasteiger partial charge is 0.495 e. The van der Waals surface area contributed by atoms with Crippen LogP contribution in [0.1, 0.15) is 51.0 Å². The number of rotatable bonds is 6. The minimum Gasteiger partial charge on any atom is -0.495 e. The van der Waals surface area contributed by atoms with E-state index >= 15 is 0 Å². The Morgan fingerprint density at radius 2 is 1.96 bits per heavy atom. The van der Waals surface area contributed by atoms with Crippen LogP contribution in [-0.4, -0.2) is 36.4 Å². The molecule has 0 atom stereocenters. The summed E-state index contributed by atoms with van der Waals surface area (Å²) in [6.07, 6.45) is 5.87. The van der Waals surface area contributed by atoms with Gasteiger partial charge in [-0.1, -0.05) is 30.9 Å². The molecule has 1 aromatic rings. The van der Waals surface area contributed by atoms with Gasteiger partial charge in [0.15, 0.2) is 0 Å². The van der Waals surface area contributed by atoms with Crippen LogP contribution in [0.15, 0.2) is 12.1 Å². The quantitative estimate of drug-likeness (QED) is 0.822. The first-order chi connectivity index (χ1) is 11.9. The SMILES string of the molecule is COc1cc(Cl)c(C)cc1NC(=O)CCN(C(C)=O)C1CCCCC1. The normalized spacial score (nSPS) is 14.9. The van der Waals surface area contributed by atoms with E-state index in [4.69, 9.17) is 16.3 Å². The van der Waals surface area contributed by atoms with Crippen LogP contribution in [-0.2, 0) is 9.59 Å². The molecule has 1 saturated carbocycles. The lowest BCUT2D eigenvalue weighted by Crippen LogP contribution is -2.41. The summed E-state index contributed by atoms with van der Waals surface area (Å²) in [5.74, 6) is 0.432. The summed E-state index contributed by atoms with van der Waals surface area (Å²) in [5, 5.41) is 3.46. The van der Waals surface area contributed by atoms with Crippen LogP contribution in [0.25, 0.3) is 0 Å². The van der Waals surface area contributed by atoms with Crippen molar-refractivity contribution in [3.8, 4) is 5.75 Å². The van der Waals surface area contributed by atoms with Crippen molar-refractivity contribution in [3.05, 3.63) is 22.7 Å². The highest BCUT2D eigenvalue weighted by Gasteiger charge is 2.23. The molecule has 1 fully saturated rings. The van der Waals surface area contributed by atoms with E-state index in [1.807, 2.05) is 11.8 Å². The minimum atomic E-state index is -0.137. The Balaban J connectivity index is 1.97. The van der Waals surface area contributed by atoms with Crippen molar-refractivity contribution in [2.45, 2.75) is 58.4 Å². The molecule has 6 heteroatoms. The number of anilines is 1. The molecular weight excluding hydrogens is 340 g/mol. The molecule has 0 radical (unpaired) electrons. The smallest absolute Gasteiger partial charge is 0.226 e. The number of hydrogen-bond donors (Lipinski definition) is 1. The van der Waals surface area contributed by atoms with Gasteiger partial charge in [0.2, 0.25) is 11.8 Å². The molecule has 138 valence electrons. The molecule has 0 saturated heterocycles. The first-order valence-corrected chi connectivity index (χ1v) is 9.21. The number of nitrogens with zero attached hydrogens (tertiary/aromatic N) is 1. The third kappa shape index (κ3) is 5.36. The maximum Gasteiger partial charge on any atom is 0.226 e. The van der Waals surface area contributed by atoms with Crippen molar-refractivity contribution in [2.24, 2.45) is 0 Å². The Hall–Kier alpha value is -1.75. The van der Waals surface area contributed by atoms with Crippen molar-refractivity contribution >= 4 is 29.1 Å². The molecule has 0 unspecified atom stereocenters. The first-order valence-electron chi connectivity index (χ1n) is 8.83. The lowest BCUT2D eigenvalue weighted by Gasteiger charge is -2.33. The van der Waals surface area contributed by atoms with Crippen LogP contribution < -0.4 is 10.1 Å². The van der Waals surface area contributed by atoms with Crippen LogP contribution in [0, 0.1) is 6.92 Å². The van der Waals surface area contributed by atoms with Crippen molar-refractivity contribution < 1.29 is 14.3 Å². The van der Waals surface area contributed by atoms with E-state index < -0.39 is 0 Å². The predicted molar refractivity (Wildman–Crippen MR) is 100 cm³/mol. The maximum atomic E-state index is 12.3. The number of amides is 2. The summed E-state index contributed by atoms with van der Waals surface area (Å²) in [7, 11) is 1.54. The molecule has 0 heterocycles. The van der Waals surface area contributed by atoms with Gasteiger partial charge in [-0.25, -0.2) is 0 Å². The van der Waals surface area contributed by atoms with E-state index in [2.05, 4.69) is 5.32 Å². The number of carbonyl (C=O) groups excluding carboxylic acids is 2. The van der Waals surface area contributed by atoms with Gasteiger partial charge in [0.05, 0.1) is 12.8 Å². The van der Waals surface area contributed by atoms with Crippen LogP contribution in [0.2, 0.25) is 5.02 Å². The Kier molecular flexibility index (Phi) is 7.12. The highest BCUT2D eigenvalue weighted by atomic mass is 35.5. The average Bonchev–Trinajstić information content (AvgIpc) is 2.58. The number of hydrogen-bond acceptors (Lipinski definition) is 3. The van der Waals surface area contributed by atoms with Gasteiger partial charge in [0.25, 0.3) is 0 Å². The van der Waals surface area contributed by atoms with E-state index in [-0.39, 0.29) is 24.3 Å². The number of ether oxygens (including phenoxy) is 1. The Labute approximate surface area is 154 Å². The summed E-state index contributed by atoms with van der Waals surface area (Å²) in [6, 6.07) is 3.76. The number of aryl methyl sites for hydroxylation is 1. The molecule has 2 amide bonds. The Morgan fingerprint density at radius 1 is 1.28 bits per heavy atom. The zero-order valence-corrected chi connectivity index (χ0v) is 16.0. The molecule has 1 aromatic carbocycles. The fourth-order valence-electron chi connectivity index (χ4n) is 3.35. The van der Waals surface area contributed by atoms with Crippen LogP contribution >= 0.6 is 11.6 Å². The molecule has 0 bridgehead atoms. The molecular formula is C19H27ClN2O3. The summed E-state index contributed by atoms with van der Waals surface area (Å²) >= 11 is 6.09. The van der Waals surface area contributed by atoms with E-state index in [9.17, 15) is 9.59 Å². The molecule has 5 nitrogen and oxygen atoms in total. The lowest BCUT2D eigenvalue weighted by atomic mass is 9.94. The fourth-order valence-corrected chi connectivity index (χ4v) is 3.51. The fraction of sp³-hybridized carbons (Fsp3) is 0.579. The summed E-state index contributed by atoms with van der Waals surface area (Å²) in [6.45, 7) is 3.90. The van der Waals surface area contributed by atoms with Crippen molar-refractivity contribution in [3.63, 3.8) is 0 Å². The van der Waals surface area contributed by atoms with Crippen molar-refractivity contribution in [1.82, 2.24) is 4.90 Å². The average molecular weight is 367 g/mol. The zero-order valence-electron chi connectivity index (χ0n) is 15.2. The monoisotopic (exact) mass is 366 g/mol. The molecule has 0 spiro atoms. The second-order valence-electron chi connectivity index (χ2n) is 6.60. The Bertz CT molecular complexity index is 627. The first kappa shape index (κ1) is 19.6. The lowest BCUT2D eigenvalue weighted by molar-refractivity contribution is -0.132. The molecule has 0 aromatic heterocycles. The van der Waals surface area contributed by atoms with E-state index in [1.54, 1.807) is 19.1 Å². The van der Waals surface area contributed by atoms with Crippen LogP contribution in [0.4, 0.5) is 5.69 Å². The molecule has 1 aliphatic rings. The zero-order chi connectivity index (χ0) is 18.4. The summed E-state index contributed by atoms with van der Waals surface area (Å²) < 4.78 is 5.28. The maximum absolute atomic E-state index is 12.3. The predicted octanol–water partition coefficient (Wildman–Crippen LogP) is 4.17. The number of carbonyl (C=O) groups is 2. The topological polar surface area (TPSA) is 58.6 Å². The van der Waals surface area contributed by atoms with Gasteiger partial charge in [-0.05, 0) is 31.4 Å². The Morgan fingerprint density at radius 3 is 2.56 bits per heavy atom. The van der Waals surface area contributed by atoms with Crippen molar-refractivity contribution in [1.29, 1.82) is 0 Å². The highest BCUT2D eigenvalue weighted by molar-refractivity contribution is 6.31. The standard InChI is InChI=1S/C19H27ClN2O3/c1-13-11-17(18(25-3)12-16(13)20)21-19(24)9-10-22(14(2)23)15-7-5-4-6-8-15/h11-12,15H,4-10H2,1-3H3,(H,21,24). The summed E-state index contributed by atoms with van der Waals surface area (Å²) in [5.41, 5.74) is 1.46. The van der Waals surface area contributed by atoms with Gasteiger partial charge in [-0.2, -0.15) is 0 Å². The van der Waals surface area contributed by atoms with Crippen molar-refractivity contribution in [2.75, 3.05) is 19.0 Å². The van der Waals surface area contributed by atoms with Gasteiger partial charge < -0.3 is 15.0 Å². The van der Waals surface area contributed by atoms with Gasteiger partial charge in [0, 0.05) is 37.0 Å². The van der Waals surface area contributed by atoms with E-state index in [0.29, 0.717) is 23.0 Å². The second-order valence-corrected chi connectivity index (χ2v) is 7.01. The molecule has 1 N–H and O–H groups in total. The molecule has 2 rings (SSSR count). The van der Waals surface area contributed by atoms with E-state index in [0.717, 1.165) is 31.2 Å². The van der Waals surface area contributed by atoms with E-state index in [1.165, 1.54) is 13.5 Å². The van der Waals surface area contributed by atoms with Crippen LogP contribution in [0.3, 0.4) is 0 Å². The highest BCUT2D eigenvalue weighted by Crippen LogP contribution is 2.31. The number of benzene rings is 1. The van der Waals surface area contributed by atoms with Crippen LogP contribution in [0.5, 0.6) is 5.75 Å². The van der Waals surface area contributed by atoms with Gasteiger partial charge >= 0.3 is 0 Å². The van der Waals surface area contributed by atoms with Gasteiger partial charge in [-0.3, -0.25) is 9.59 Å². The molecule has 1 aliphatic carbocycles. The summed E-state index contributed by atoms with van der Waals surface area (Å²) in [4.78, 5) is 26.2. The second kappa shape index (κ2) is 9.09. The minimum absolute atomic E-state index is 0.0413.